The van der Waals surface area contributed by atoms with E-state index in [-0.39, 0.29) is 5.69 Å². The lowest BCUT2D eigenvalue weighted by Crippen LogP contribution is -2.15. The van der Waals surface area contributed by atoms with Crippen LogP contribution in [0.5, 0.6) is 5.75 Å². The first kappa shape index (κ1) is 19.8. The Bertz CT molecular complexity index is 1050. The van der Waals surface area contributed by atoms with E-state index in [0.717, 1.165) is 0 Å². The first-order chi connectivity index (χ1) is 14.0. The van der Waals surface area contributed by atoms with Gasteiger partial charge in [-0.1, -0.05) is 18.2 Å². The molecule has 8 nitrogen and oxygen atoms in total. The fraction of sp³-hybridized carbons (Fsp3) is 0.143. The summed E-state index contributed by atoms with van der Waals surface area (Å²) in [6.07, 6.45) is 0. The fourth-order valence-electron chi connectivity index (χ4n) is 2.66. The fourth-order valence-corrected chi connectivity index (χ4v) is 2.66. The molecule has 3 rings (SSSR count). The van der Waals surface area contributed by atoms with Crippen molar-refractivity contribution in [1.82, 2.24) is 9.97 Å². The van der Waals surface area contributed by atoms with Gasteiger partial charge < -0.3 is 20.1 Å². The van der Waals surface area contributed by atoms with Gasteiger partial charge in [-0.15, -0.1) is 0 Å². The lowest BCUT2D eigenvalue weighted by atomic mass is 10.2. The number of nitrogens with one attached hydrogen (secondary N) is 2. The van der Waals surface area contributed by atoms with E-state index in [0.29, 0.717) is 34.3 Å². The van der Waals surface area contributed by atoms with Gasteiger partial charge in [-0.3, -0.25) is 4.79 Å². The van der Waals surface area contributed by atoms with Gasteiger partial charge in [-0.2, -0.15) is 0 Å². The number of esters is 1. The maximum absolute atomic E-state index is 12.6. The number of nitrogens with zero attached hydrogens (tertiary/aromatic N) is 2. The maximum Gasteiger partial charge on any atom is 0.339 e. The molecule has 0 bridgehead atoms. The van der Waals surface area contributed by atoms with E-state index in [2.05, 4.69) is 20.6 Å². The van der Waals surface area contributed by atoms with Crippen molar-refractivity contribution in [1.29, 1.82) is 0 Å². The summed E-state index contributed by atoms with van der Waals surface area (Å²) >= 11 is 0. The zero-order valence-corrected chi connectivity index (χ0v) is 16.2. The van der Waals surface area contributed by atoms with Crippen LogP contribution in [0.25, 0.3) is 0 Å². The molecule has 0 fully saturated rings. The van der Waals surface area contributed by atoms with Crippen LogP contribution in [0.2, 0.25) is 0 Å². The summed E-state index contributed by atoms with van der Waals surface area (Å²) < 4.78 is 9.96. The lowest BCUT2D eigenvalue weighted by Gasteiger charge is -2.12. The number of rotatable bonds is 6. The number of amides is 1. The number of carbonyl (C=O) groups is 2. The highest BCUT2D eigenvalue weighted by atomic mass is 16.5. The van der Waals surface area contributed by atoms with Crippen LogP contribution in [0.15, 0.2) is 54.6 Å². The van der Waals surface area contributed by atoms with E-state index in [1.165, 1.54) is 13.2 Å². The molecule has 3 aromatic rings. The molecule has 1 aromatic heterocycles. The van der Waals surface area contributed by atoms with Crippen molar-refractivity contribution < 1.29 is 19.1 Å². The quantitative estimate of drug-likeness (QED) is 0.618. The smallest absolute Gasteiger partial charge is 0.339 e. The summed E-state index contributed by atoms with van der Waals surface area (Å²) in [4.78, 5) is 33.1. The van der Waals surface area contributed by atoms with E-state index in [4.69, 9.17) is 9.47 Å². The van der Waals surface area contributed by atoms with Crippen LogP contribution in [0.1, 0.15) is 26.7 Å². The average Bonchev–Trinajstić information content (AvgIpc) is 2.73. The Labute approximate surface area is 167 Å². The van der Waals surface area contributed by atoms with Gasteiger partial charge in [0.1, 0.15) is 23.1 Å². The lowest BCUT2D eigenvalue weighted by molar-refractivity contribution is 0.0601. The van der Waals surface area contributed by atoms with Crippen LogP contribution in [0.3, 0.4) is 0 Å². The number of aromatic nitrogens is 2. The molecule has 0 saturated heterocycles. The molecule has 0 radical (unpaired) electrons. The van der Waals surface area contributed by atoms with Gasteiger partial charge in [-0.25, -0.2) is 14.8 Å². The molecule has 0 aliphatic rings. The van der Waals surface area contributed by atoms with Crippen LogP contribution in [-0.2, 0) is 4.74 Å². The molecule has 148 valence electrons. The molecule has 0 aliphatic heterocycles. The summed E-state index contributed by atoms with van der Waals surface area (Å²) in [5.74, 6) is 0.539. The van der Waals surface area contributed by atoms with Gasteiger partial charge >= 0.3 is 5.97 Å². The Hall–Kier alpha value is -3.94. The van der Waals surface area contributed by atoms with Crippen LogP contribution in [0, 0.1) is 6.92 Å². The van der Waals surface area contributed by atoms with E-state index in [1.54, 1.807) is 62.6 Å². The summed E-state index contributed by atoms with van der Waals surface area (Å²) in [6.45, 7) is 1.68. The van der Waals surface area contributed by atoms with Crippen LogP contribution >= 0.6 is 0 Å². The summed E-state index contributed by atoms with van der Waals surface area (Å²) in [7, 11) is 2.87. The molecule has 2 aromatic carbocycles. The molecule has 0 aliphatic carbocycles. The Kier molecular flexibility index (Phi) is 6.03. The molecule has 0 atom stereocenters. The average molecular weight is 392 g/mol. The van der Waals surface area contributed by atoms with Gasteiger partial charge in [0.05, 0.1) is 25.5 Å². The second-order valence-corrected chi connectivity index (χ2v) is 6.03. The van der Waals surface area contributed by atoms with Crippen molar-refractivity contribution >= 4 is 29.1 Å². The van der Waals surface area contributed by atoms with Crippen molar-refractivity contribution in [2.45, 2.75) is 6.92 Å². The van der Waals surface area contributed by atoms with Gasteiger partial charge in [0.15, 0.2) is 0 Å². The van der Waals surface area contributed by atoms with Crippen LogP contribution in [0.4, 0.5) is 17.2 Å². The molecule has 0 spiro atoms. The Morgan fingerprint density at radius 3 is 2.52 bits per heavy atom. The molecular formula is C21H20N4O4. The largest absolute Gasteiger partial charge is 0.497 e. The predicted octanol–water partition coefficient (Wildman–Crippen LogP) is 3.58. The van der Waals surface area contributed by atoms with Gasteiger partial charge in [0.2, 0.25) is 0 Å². The van der Waals surface area contributed by atoms with E-state index >= 15 is 0 Å². The monoisotopic (exact) mass is 392 g/mol. The highest BCUT2D eigenvalue weighted by Crippen LogP contribution is 2.22. The standard InChI is InChI=1S/C21H20N4O4/c1-13-22-18(20(26)24-14-7-6-8-15(11-14)28-2)12-19(23-13)25-17-10-5-4-9-16(17)21(27)29-3/h4-12H,1-3H3,(H,24,26)(H,22,23,25). The maximum atomic E-state index is 12.6. The molecule has 2 N–H and O–H groups in total. The second-order valence-electron chi connectivity index (χ2n) is 6.03. The normalized spacial score (nSPS) is 10.2. The number of para-hydroxylation sites is 1. The molecule has 8 heteroatoms. The first-order valence-corrected chi connectivity index (χ1v) is 8.75. The second kappa shape index (κ2) is 8.83. The number of anilines is 3. The number of aryl methyl sites for hydroxylation is 1. The van der Waals surface area contributed by atoms with Crippen molar-refractivity contribution in [2.24, 2.45) is 0 Å². The molecule has 1 amide bonds. The van der Waals surface area contributed by atoms with Crippen molar-refractivity contribution in [3.05, 3.63) is 71.7 Å². The predicted molar refractivity (Wildman–Crippen MR) is 109 cm³/mol. The minimum absolute atomic E-state index is 0.179. The van der Waals surface area contributed by atoms with Crippen molar-refractivity contribution in [2.75, 3.05) is 24.9 Å². The molecule has 0 unspecified atom stereocenters. The third-order valence-electron chi connectivity index (χ3n) is 3.99. The summed E-state index contributed by atoms with van der Waals surface area (Å²) in [6, 6.07) is 15.4. The van der Waals surface area contributed by atoms with Crippen LogP contribution < -0.4 is 15.4 Å². The van der Waals surface area contributed by atoms with Gasteiger partial charge in [0.25, 0.3) is 5.91 Å². The first-order valence-electron chi connectivity index (χ1n) is 8.75. The molecular weight excluding hydrogens is 372 g/mol. The number of benzene rings is 2. The number of hydrogen-bond acceptors (Lipinski definition) is 7. The SMILES string of the molecule is COC(=O)c1ccccc1Nc1cc(C(=O)Nc2cccc(OC)c2)nc(C)n1. The highest BCUT2D eigenvalue weighted by Gasteiger charge is 2.15. The van der Waals surface area contributed by atoms with Gasteiger partial charge in [0, 0.05) is 17.8 Å². The number of carbonyl (C=O) groups excluding carboxylic acids is 2. The molecule has 29 heavy (non-hydrogen) atoms. The third-order valence-corrected chi connectivity index (χ3v) is 3.99. The number of ether oxygens (including phenoxy) is 2. The van der Waals surface area contributed by atoms with E-state index < -0.39 is 11.9 Å². The zero-order chi connectivity index (χ0) is 20.8. The Morgan fingerprint density at radius 1 is 0.966 bits per heavy atom. The molecule has 1 heterocycles. The molecule has 0 saturated carbocycles. The Morgan fingerprint density at radius 2 is 1.76 bits per heavy atom. The summed E-state index contributed by atoms with van der Waals surface area (Å²) in [5, 5.41) is 5.83. The van der Waals surface area contributed by atoms with E-state index in [1.807, 2.05) is 0 Å². The van der Waals surface area contributed by atoms with Crippen LogP contribution in [-0.4, -0.2) is 36.1 Å². The third kappa shape index (κ3) is 4.86. The minimum atomic E-state index is -0.477. The zero-order valence-electron chi connectivity index (χ0n) is 16.2. The Balaban J connectivity index is 1.85. The number of hydrogen-bond donors (Lipinski definition) is 2. The van der Waals surface area contributed by atoms with Crippen molar-refractivity contribution in [3.63, 3.8) is 0 Å². The van der Waals surface area contributed by atoms with E-state index in [9.17, 15) is 9.59 Å². The topological polar surface area (TPSA) is 102 Å². The summed E-state index contributed by atoms with van der Waals surface area (Å²) in [5.41, 5.74) is 1.62. The van der Waals surface area contributed by atoms with Gasteiger partial charge in [-0.05, 0) is 31.2 Å². The highest BCUT2D eigenvalue weighted by molar-refractivity contribution is 6.03. The number of methoxy groups -OCH3 is 2. The minimum Gasteiger partial charge on any atom is -0.497 e. The van der Waals surface area contributed by atoms with Crippen molar-refractivity contribution in [3.8, 4) is 5.75 Å².